The zero-order valence-corrected chi connectivity index (χ0v) is 12.7. The fourth-order valence-corrected chi connectivity index (χ4v) is 3.70. The Labute approximate surface area is 123 Å². The van der Waals surface area contributed by atoms with E-state index in [-0.39, 0.29) is 11.5 Å². The molecule has 1 aliphatic heterocycles. The lowest BCUT2D eigenvalue weighted by Gasteiger charge is -2.32. The molecule has 1 aromatic carbocycles. The van der Waals surface area contributed by atoms with Crippen LogP contribution in [0.25, 0.3) is 0 Å². The molecule has 7 heteroatoms. The van der Waals surface area contributed by atoms with Gasteiger partial charge in [0.05, 0.1) is 18.6 Å². The number of carbonyl (C=O) groups excluding carboxylic acids is 1. The number of esters is 1. The number of hydrogen-bond donors (Lipinski definition) is 0. The topological polar surface area (TPSA) is 63.7 Å². The number of ether oxygens (including phenoxy) is 1. The third-order valence-corrected chi connectivity index (χ3v) is 5.18. The van der Waals surface area contributed by atoms with Crippen molar-refractivity contribution in [2.75, 3.05) is 31.7 Å². The van der Waals surface area contributed by atoms with Gasteiger partial charge in [0.15, 0.2) is 9.84 Å². The lowest BCUT2D eigenvalue weighted by Crippen LogP contribution is -2.45. The van der Waals surface area contributed by atoms with Crippen LogP contribution in [0.5, 0.6) is 0 Å². The van der Waals surface area contributed by atoms with Crippen molar-refractivity contribution in [3.05, 3.63) is 34.9 Å². The van der Waals surface area contributed by atoms with Gasteiger partial charge >= 0.3 is 5.97 Å². The Hall–Kier alpha value is -1.11. The summed E-state index contributed by atoms with van der Waals surface area (Å²) in [6.07, 6.45) is 0. The van der Waals surface area contributed by atoms with E-state index in [2.05, 4.69) is 0 Å². The van der Waals surface area contributed by atoms with Crippen molar-refractivity contribution in [1.82, 2.24) is 4.90 Å². The SMILES string of the molecule is COC(=O)[C@@H](c1cccc(Cl)c1)N1CCS(=O)(=O)CC1. The Morgan fingerprint density at radius 1 is 1.35 bits per heavy atom. The Morgan fingerprint density at radius 2 is 2.00 bits per heavy atom. The van der Waals surface area contributed by atoms with Crippen molar-refractivity contribution in [2.45, 2.75) is 6.04 Å². The van der Waals surface area contributed by atoms with Gasteiger partial charge in [0.1, 0.15) is 6.04 Å². The molecule has 1 saturated heterocycles. The van der Waals surface area contributed by atoms with Gasteiger partial charge in [-0.3, -0.25) is 4.90 Å². The fourth-order valence-electron chi connectivity index (χ4n) is 2.27. The molecular formula is C13H16ClNO4S. The summed E-state index contributed by atoms with van der Waals surface area (Å²) in [5.74, 6) is -0.297. The first-order valence-electron chi connectivity index (χ1n) is 6.21. The molecule has 20 heavy (non-hydrogen) atoms. The van der Waals surface area contributed by atoms with Crippen LogP contribution < -0.4 is 0 Å². The maximum atomic E-state index is 12.0. The van der Waals surface area contributed by atoms with Crippen LogP contribution in [0.1, 0.15) is 11.6 Å². The molecule has 1 heterocycles. The predicted molar refractivity (Wildman–Crippen MR) is 76.4 cm³/mol. The van der Waals surface area contributed by atoms with Gasteiger partial charge in [-0.25, -0.2) is 13.2 Å². The number of sulfone groups is 1. The first kappa shape index (κ1) is 15.3. The van der Waals surface area contributed by atoms with Crippen LogP contribution in [0.2, 0.25) is 5.02 Å². The van der Waals surface area contributed by atoms with Crippen molar-refractivity contribution < 1.29 is 17.9 Å². The summed E-state index contributed by atoms with van der Waals surface area (Å²) < 4.78 is 27.8. The second-order valence-electron chi connectivity index (χ2n) is 4.67. The number of halogens is 1. The minimum atomic E-state index is -2.99. The van der Waals surface area contributed by atoms with Crippen molar-refractivity contribution >= 4 is 27.4 Å². The second-order valence-corrected chi connectivity index (χ2v) is 7.41. The van der Waals surface area contributed by atoms with E-state index in [9.17, 15) is 13.2 Å². The number of nitrogens with zero attached hydrogens (tertiary/aromatic N) is 1. The molecule has 0 unspecified atom stereocenters. The molecule has 0 aliphatic carbocycles. The predicted octanol–water partition coefficient (Wildman–Crippen LogP) is 1.28. The molecule has 0 radical (unpaired) electrons. The zero-order chi connectivity index (χ0) is 14.8. The van der Waals surface area contributed by atoms with Gasteiger partial charge in [-0.05, 0) is 17.7 Å². The molecule has 1 aromatic rings. The number of rotatable bonds is 3. The number of methoxy groups -OCH3 is 1. The lowest BCUT2D eigenvalue weighted by molar-refractivity contribution is -0.147. The van der Waals surface area contributed by atoms with Crippen LogP contribution in [0.4, 0.5) is 0 Å². The minimum Gasteiger partial charge on any atom is -0.468 e. The van der Waals surface area contributed by atoms with Gasteiger partial charge in [0, 0.05) is 18.1 Å². The zero-order valence-electron chi connectivity index (χ0n) is 11.1. The van der Waals surface area contributed by atoms with Crippen LogP contribution in [-0.4, -0.2) is 51.0 Å². The van der Waals surface area contributed by atoms with Gasteiger partial charge in [-0.1, -0.05) is 23.7 Å². The van der Waals surface area contributed by atoms with Crippen LogP contribution in [0.3, 0.4) is 0 Å². The molecule has 110 valence electrons. The number of carbonyl (C=O) groups is 1. The van der Waals surface area contributed by atoms with E-state index >= 15 is 0 Å². The molecular weight excluding hydrogens is 302 g/mol. The van der Waals surface area contributed by atoms with Crippen LogP contribution in [0, 0.1) is 0 Å². The maximum Gasteiger partial charge on any atom is 0.327 e. The average molecular weight is 318 g/mol. The van der Waals surface area contributed by atoms with E-state index in [4.69, 9.17) is 16.3 Å². The van der Waals surface area contributed by atoms with Gasteiger partial charge < -0.3 is 4.74 Å². The summed E-state index contributed by atoms with van der Waals surface area (Å²) in [4.78, 5) is 13.8. The third kappa shape index (κ3) is 3.50. The first-order chi connectivity index (χ1) is 9.43. The van der Waals surface area contributed by atoms with Crippen molar-refractivity contribution in [3.8, 4) is 0 Å². The highest BCUT2D eigenvalue weighted by Gasteiger charge is 2.33. The summed E-state index contributed by atoms with van der Waals surface area (Å²) in [6.45, 7) is 0.628. The van der Waals surface area contributed by atoms with Gasteiger partial charge in [-0.15, -0.1) is 0 Å². The van der Waals surface area contributed by atoms with E-state index < -0.39 is 21.8 Å². The van der Waals surface area contributed by atoms with Gasteiger partial charge in [-0.2, -0.15) is 0 Å². The fraction of sp³-hybridized carbons (Fsp3) is 0.462. The van der Waals surface area contributed by atoms with Crippen molar-refractivity contribution in [3.63, 3.8) is 0 Å². The van der Waals surface area contributed by atoms with E-state index in [1.165, 1.54) is 7.11 Å². The van der Waals surface area contributed by atoms with Crippen molar-refractivity contribution in [1.29, 1.82) is 0 Å². The molecule has 1 fully saturated rings. The highest BCUT2D eigenvalue weighted by Crippen LogP contribution is 2.26. The summed E-state index contributed by atoms with van der Waals surface area (Å²) in [6, 6.07) is 6.35. The number of hydrogen-bond acceptors (Lipinski definition) is 5. The van der Waals surface area contributed by atoms with Crippen LogP contribution in [-0.2, 0) is 19.4 Å². The van der Waals surface area contributed by atoms with Gasteiger partial charge in [0.2, 0.25) is 0 Å². The van der Waals surface area contributed by atoms with Crippen LogP contribution >= 0.6 is 11.6 Å². The maximum absolute atomic E-state index is 12.0. The molecule has 0 N–H and O–H groups in total. The monoisotopic (exact) mass is 317 g/mol. The molecule has 1 aliphatic rings. The molecule has 0 spiro atoms. The largest absolute Gasteiger partial charge is 0.468 e. The molecule has 0 aromatic heterocycles. The normalized spacial score (nSPS) is 20.3. The lowest BCUT2D eigenvalue weighted by atomic mass is 10.1. The second kappa shape index (κ2) is 6.11. The van der Waals surface area contributed by atoms with Crippen molar-refractivity contribution in [2.24, 2.45) is 0 Å². The number of benzene rings is 1. The molecule has 2 rings (SSSR count). The quantitative estimate of drug-likeness (QED) is 0.786. The smallest absolute Gasteiger partial charge is 0.327 e. The third-order valence-electron chi connectivity index (χ3n) is 3.33. The Morgan fingerprint density at radius 3 is 2.55 bits per heavy atom. The Bertz CT molecular complexity index is 588. The van der Waals surface area contributed by atoms with E-state index in [0.717, 1.165) is 0 Å². The summed E-state index contributed by atoms with van der Waals surface area (Å²) in [5, 5.41) is 0.529. The van der Waals surface area contributed by atoms with Crippen LogP contribution in [0.15, 0.2) is 24.3 Å². The Balaban J connectivity index is 2.27. The molecule has 5 nitrogen and oxygen atoms in total. The highest BCUT2D eigenvalue weighted by molar-refractivity contribution is 7.91. The molecule has 0 bridgehead atoms. The Kier molecular flexibility index (Phi) is 4.67. The van der Waals surface area contributed by atoms with E-state index in [0.29, 0.717) is 23.7 Å². The molecule has 0 amide bonds. The minimum absolute atomic E-state index is 0.0566. The molecule has 1 atom stereocenters. The van der Waals surface area contributed by atoms with E-state index in [1.807, 2.05) is 4.90 Å². The van der Waals surface area contributed by atoms with Gasteiger partial charge in [0.25, 0.3) is 0 Å². The summed E-state index contributed by atoms with van der Waals surface area (Å²) in [5.41, 5.74) is 0.712. The molecule has 0 saturated carbocycles. The average Bonchev–Trinajstić information content (AvgIpc) is 2.41. The summed E-state index contributed by atoms with van der Waals surface area (Å²) in [7, 11) is -1.67. The summed E-state index contributed by atoms with van der Waals surface area (Å²) >= 11 is 5.95. The first-order valence-corrected chi connectivity index (χ1v) is 8.40. The highest BCUT2D eigenvalue weighted by atomic mass is 35.5. The standard InChI is InChI=1S/C13H16ClNO4S/c1-19-13(16)12(10-3-2-4-11(14)9-10)15-5-7-20(17,18)8-6-15/h2-4,9,12H,5-8H2,1H3/t12-/m1/s1. The van der Waals surface area contributed by atoms with E-state index in [1.54, 1.807) is 24.3 Å².